The third kappa shape index (κ3) is 22.2. The van der Waals surface area contributed by atoms with Crippen LogP contribution in [0.15, 0.2) is 66.7 Å². The summed E-state index contributed by atoms with van der Waals surface area (Å²) in [5, 5.41) is 27.2. The maximum atomic E-state index is 12.8. The summed E-state index contributed by atoms with van der Waals surface area (Å²) < 4.78 is 35.2. The second kappa shape index (κ2) is 32.0. The first-order valence-corrected chi connectivity index (χ1v) is 26.8. The number of amides is 4. The van der Waals surface area contributed by atoms with Gasteiger partial charge in [0.05, 0.1) is 32.7 Å². The molecule has 5 rings (SSSR count). The molecule has 2 aliphatic rings. The number of alkyl carbamates (subject to hydrolysis) is 1. The molecule has 0 bridgehead atoms. The molecular weight excluding hydrogens is 963 g/mol. The summed E-state index contributed by atoms with van der Waals surface area (Å²) >= 11 is 0. The molecule has 8 N–H and O–H groups in total. The molecule has 3 aromatic carbocycles. The predicted octanol–water partition coefficient (Wildman–Crippen LogP) is 4.98. The first-order valence-electron chi connectivity index (χ1n) is 26.8. The van der Waals surface area contributed by atoms with Crippen LogP contribution in [-0.4, -0.2) is 171 Å². The number of ether oxygens (including phenoxy) is 6. The number of hydrogen-bond acceptors (Lipinski definition) is 15. The number of carbonyl (C=O) groups excluding carboxylic acids is 4. The quantitative estimate of drug-likeness (QED) is 0.0441. The highest BCUT2D eigenvalue weighted by molar-refractivity contribution is 5.77. The van der Waals surface area contributed by atoms with Gasteiger partial charge in [-0.1, -0.05) is 43.2 Å². The zero-order chi connectivity index (χ0) is 54.1. The summed E-state index contributed by atoms with van der Waals surface area (Å²) in [5.41, 5.74) is 13.1. The monoisotopic (exact) mass is 1050 g/mol. The summed E-state index contributed by atoms with van der Waals surface area (Å²) in [4.78, 5) is 54.7. The van der Waals surface area contributed by atoms with Gasteiger partial charge in [0.1, 0.15) is 43.0 Å². The van der Waals surface area contributed by atoms with Crippen LogP contribution in [0.5, 0.6) is 23.0 Å². The SMILES string of the molecule is COc1cc(CCOC2CCCC[C@H]2N2CC[C@@H](OC(=O)NCCCCN(CC(O)COc3ccc(CC(N)=O)cc3)C(C)C)C2)ccc1OC(=O)NCCCN(CC(O)COc1ccc(CC(N)=O)cc1)C(C)C. The Morgan fingerprint density at radius 2 is 1.24 bits per heavy atom. The molecule has 1 saturated carbocycles. The van der Waals surface area contributed by atoms with Crippen molar-refractivity contribution in [3.05, 3.63) is 83.4 Å². The minimum Gasteiger partial charge on any atom is -0.493 e. The topological polar surface area (TPSA) is 250 Å². The standard InChI is InChI=1S/C56H85N7O12/c1-39(2)61(34-44(64)37-72-46-18-13-41(14-19-46)32-53(57)66)27-9-8-25-59-55(68)74-48-23-29-63(36-48)49-11-6-7-12-50(49)71-30-24-43-17-22-51(52(31-43)70-5)75-56(69)60-26-10-28-62(40(3)4)35-45(65)38-73-47-20-15-42(16-21-47)33-54(58)67/h13-22,31,39-40,44-45,48-50,64-65H,6-12,23-30,32-38H2,1-5H3,(H2,57,66)(H2,58,67)(H,59,68)(H,60,69)/t44?,45?,48-,49-,50?/m1/s1. The predicted molar refractivity (Wildman–Crippen MR) is 286 cm³/mol. The van der Waals surface area contributed by atoms with Gasteiger partial charge in [-0.3, -0.25) is 24.3 Å². The highest BCUT2D eigenvalue weighted by Crippen LogP contribution is 2.31. The molecule has 0 aromatic heterocycles. The van der Waals surface area contributed by atoms with Gasteiger partial charge in [-0.25, -0.2) is 9.59 Å². The minimum atomic E-state index is -0.732. The van der Waals surface area contributed by atoms with Crippen LogP contribution in [-0.2, 0) is 38.3 Å². The Hall–Kier alpha value is -5.70. The van der Waals surface area contributed by atoms with Gasteiger partial charge in [0.25, 0.3) is 0 Å². The van der Waals surface area contributed by atoms with E-state index < -0.39 is 36.2 Å². The molecule has 1 aliphatic carbocycles. The number of nitrogens with two attached hydrogens (primary N) is 2. The fraction of sp³-hybridized carbons (Fsp3) is 0.607. The fourth-order valence-corrected chi connectivity index (χ4v) is 9.51. The Kier molecular flexibility index (Phi) is 25.7. The molecule has 19 heteroatoms. The lowest BCUT2D eigenvalue weighted by Crippen LogP contribution is -2.46. The van der Waals surface area contributed by atoms with Crippen molar-refractivity contribution < 1.29 is 57.8 Å². The van der Waals surface area contributed by atoms with Crippen LogP contribution in [0.2, 0.25) is 0 Å². The van der Waals surface area contributed by atoms with E-state index in [4.69, 9.17) is 39.9 Å². The third-order valence-electron chi connectivity index (χ3n) is 13.6. The molecule has 4 amide bonds. The van der Waals surface area contributed by atoms with Gasteiger partial charge in [0.2, 0.25) is 11.8 Å². The lowest BCUT2D eigenvalue weighted by molar-refractivity contribution is -0.118. The van der Waals surface area contributed by atoms with Crippen molar-refractivity contribution in [3.8, 4) is 23.0 Å². The zero-order valence-corrected chi connectivity index (χ0v) is 44.9. The molecule has 0 radical (unpaired) electrons. The van der Waals surface area contributed by atoms with E-state index in [9.17, 15) is 29.4 Å². The maximum Gasteiger partial charge on any atom is 0.412 e. The normalized spacial score (nSPS) is 17.7. The van der Waals surface area contributed by atoms with Crippen LogP contribution in [0.25, 0.3) is 0 Å². The zero-order valence-electron chi connectivity index (χ0n) is 44.9. The molecule has 0 spiro atoms. The van der Waals surface area contributed by atoms with Crippen molar-refractivity contribution in [1.29, 1.82) is 0 Å². The van der Waals surface area contributed by atoms with E-state index in [1.165, 1.54) is 0 Å². The van der Waals surface area contributed by atoms with Crippen LogP contribution >= 0.6 is 0 Å². The molecule has 19 nitrogen and oxygen atoms in total. The molecule has 1 aliphatic heterocycles. The highest BCUT2D eigenvalue weighted by Gasteiger charge is 2.36. The molecule has 416 valence electrons. The Labute approximate surface area is 443 Å². The number of hydrogen-bond donors (Lipinski definition) is 6. The van der Waals surface area contributed by atoms with Crippen molar-refractivity contribution >= 4 is 24.0 Å². The molecule has 5 atom stereocenters. The van der Waals surface area contributed by atoms with Crippen LogP contribution < -0.4 is 41.0 Å². The summed E-state index contributed by atoms with van der Waals surface area (Å²) in [7, 11) is 1.54. The van der Waals surface area contributed by atoms with Crippen molar-refractivity contribution in [2.45, 2.75) is 141 Å². The van der Waals surface area contributed by atoms with Crippen molar-refractivity contribution in [2.24, 2.45) is 11.5 Å². The smallest absolute Gasteiger partial charge is 0.412 e. The van der Waals surface area contributed by atoms with E-state index in [1.807, 2.05) is 12.1 Å². The summed E-state index contributed by atoms with van der Waals surface area (Å²) in [6.45, 7) is 13.7. The van der Waals surface area contributed by atoms with E-state index >= 15 is 0 Å². The summed E-state index contributed by atoms with van der Waals surface area (Å²) in [5.74, 6) is 1.18. The molecule has 1 saturated heterocycles. The number of carbonyl (C=O) groups is 4. The number of unbranched alkanes of at least 4 members (excludes halogenated alkanes) is 1. The number of aliphatic hydroxyl groups is 2. The van der Waals surface area contributed by atoms with Gasteiger partial charge in [-0.2, -0.15) is 0 Å². The van der Waals surface area contributed by atoms with Gasteiger partial charge in [-0.15, -0.1) is 0 Å². The minimum absolute atomic E-state index is 0.0735. The molecule has 1 heterocycles. The van der Waals surface area contributed by atoms with E-state index in [0.29, 0.717) is 81.7 Å². The lowest BCUT2D eigenvalue weighted by Gasteiger charge is -2.37. The average molecular weight is 1050 g/mol. The summed E-state index contributed by atoms with van der Waals surface area (Å²) in [6.07, 6.45) is 5.74. The van der Waals surface area contributed by atoms with Gasteiger partial charge in [-0.05, 0) is 132 Å². The first-order chi connectivity index (χ1) is 36.0. The summed E-state index contributed by atoms with van der Waals surface area (Å²) in [6, 6.07) is 20.3. The number of benzene rings is 3. The second-order valence-corrected chi connectivity index (χ2v) is 20.3. The number of nitrogens with one attached hydrogen (secondary N) is 2. The van der Waals surface area contributed by atoms with Crippen molar-refractivity contribution in [1.82, 2.24) is 25.3 Å². The largest absolute Gasteiger partial charge is 0.493 e. The second-order valence-electron chi connectivity index (χ2n) is 20.3. The average Bonchev–Trinajstić information content (AvgIpc) is 3.84. The number of primary amides is 2. The van der Waals surface area contributed by atoms with Gasteiger partial charge < -0.3 is 60.7 Å². The number of aliphatic hydroxyl groups excluding tert-OH is 2. The number of nitrogens with zero attached hydrogens (tertiary/aromatic N) is 3. The van der Waals surface area contributed by atoms with Crippen LogP contribution in [0.1, 0.15) is 95.8 Å². The fourth-order valence-electron chi connectivity index (χ4n) is 9.51. The van der Waals surface area contributed by atoms with Gasteiger partial charge in [0.15, 0.2) is 11.5 Å². The first kappa shape index (κ1) is 60.2. The number of likely N-dealkylation sites (tertiary alicyclic amines) is 1. The van der Waals surface area contributed by atoms with Crippen LogP contribution in [0.3, 0.4) is 0 Å². The van der Waals surface area contributed by atoms with Crippen molar-refractivity contribution in [3.63, 3.8) is 0 Å². The van der Waals surface area contributed by atoms with E-state index in [-0.39, 0.29) is 56.4 Å². The maximum absolute atomic E-state index is 12.8. The van der Waals surface area contributed by atoms with E-state index in [1.54, 1.807) is 61.7 Å². The lowest BCUT2D eigenvalue weighted by atomic mass is 9.91. The Balaban J connectivity index is 0.941. The number of rotatable bonds is 33. The molecular formula is C56H85N7O12. The third-order valence-corrected chi connectivity index (χ3v) is 13.6. The van der Waals surface area contributed by atoms with Crippen LogP contribution in [0.4, 0.5) is 9.59 Å². The number of methoxy groups -OCH3 is 1. The molecule has 75 heavy (non-hydrogen) atoms. The highest BCUT2D eigenvalue weighted by atomic mass is 16.6. The van der Waals surface area contributed by atoms with Crippen molar-refractivity contribution in [2.75, 3.05) is 79.3 Å². The Morgan fingerprint density at radius 1 is 0.693 bits per heavy atom. The van der Waals surface area contributed by atoms with Gasteiger partial charge in [0, 0.05) is 63.9 Å². The van der Waals surface area contributed by atoms with E-state index in [2.05, 4.69) is 53.0 Å². The molecule has 3 unspecified atom stereocenters. The van der Waals surface area contributed by atoms with Crippen LogP contribution in [0, 0.1) is 0 Å². The van der Waals surface area contributed by atoms with Gasteiger partial charge >= 0.3 is 12.2 Å². The molecule has 2 fully saturated rings. The van der Waals surface area contributed by atoms with E-state index in [0.717, 1.165) is 74.7 Å². The molecule has 3 aromatic rings. The Morgan fingerprint density at radius 3 is 1.81 bits per heavy atom. The Bertz CT molecular complexity index is 2180.